The standard InChI is InChI=1S/C13H24N2O/c1-13(2)7-3-6-11(13)12(15-14)10-5-4-8-16-9-10/h9,11-12,15H,3-8,14H2,1-2H3. The minimum atomic E-state index is 0.304. The Hall–Kier alpha value is -0.540. The van der Waals surface area contributed by atoms with Crippen LogP contribution in [0.25, 0.3) is 0 Å². The van der Waals surface area contributed by atoms with Crippen molar-refractivity contribution in [2.24, 2.45) is 17.2 Å². The molecule has 1 saturated carbocycles. The van der Waals surface area contributed by atoms with E-state index < -0.39 is 0 Å². The largest absolute Gasteiger partial charge is 0.501 e. The highest BCUT2D eigenvalue weighted by molar-refractivity contribution is 5.14. The maximum atomic E-state index is 5.76. The summed E-state index contributed by atoms with van der Waals surface area (Å²) in [6.45, 7) is 5.58. The number of hydrogen-bond donors (Lipinski definition) is 2. The van der Waals surface area contributed by atoms with Crippen LogP contribution in [-0.2, 0) is 4.74 Å². The lowest BCUT2D eigenvalue weighted by molar-refractivity contribution is 0.184. The molecule has 0 saturated heterocycles. The summed E-state index contributed by atoms with van der Waals surface area (Å²) in [5.41, 5.74) is 4.77. The van der Waals surface area contributed by atoms with Gasteiger partial charge in [0, 0.05) is 6.04 Å². The molecule has 2 atom stereocenters. The molecular weight excluding hydrogens is 200 g/mol. The van der Waals surface area contributed by atoms with E-state index in [4.69, 9.17) is 10.6 Å². The molecule has 16 heavy (non-hydrogen) atoms. The van der Waals surface area contributed by atoms with Crippen LogP contribution in [0.2, 0.25) is 0 Å². The summed E-state index contributed by atoms with van der Waals surface area (Å²) in [7, 11) is 0. The Morgan fingerprint density at radius 2 is 2.31 bits per heavy atom. The monoisotopic (exact) mass is 224 g/mol. The molecule has 0 aromatic rings. The van der Waals surface area contributed by atoms with Gasteiger partial charge in [-0.3, -0.25) is 11.3 Å². The number of rotatable bonds is 3. The zero-order valence-corrected chi connectivity index (χ0v) is 10.5. The van der Waals surface area contributed by atoms with Gasteiger partial charge in [-0.15, -0.1) is 0 Å². The molecule has 1 aliphatic carbocycles. The van der Waals surface area contributed by atoms with Crippen LogP contribution >= 0.6 is 0 Å². The van der Waals surface area contributed by atoms with Crippen molar-refractivity contribution in [1.82, 2.24) is 5.43 Å². The predicted molar refractivity (Wildman–Crippen MR) is 65.5 cm³/mol. The van der Waals surface area contributed by atoms with Crippen LogP contribution in [0, 0.1) is 11.3 Å². The fourth-order valence-electron chi connectivity index (χ4n) is 3.27. The van der Waals surface area contributed by atoms with E-state index in [2.05, 4.69) is 19.3 Å². The Kier molecular flexibility index (Phi) is 3.55. The highest BCUT2D eigenvalue weighted by Gasteiger charge is 2.40. The van der Waals surface area contributed by atoms with Crippen LogP contribution in [0.4, 0.5) is 0 Å². The average Bonchev–Trinajstić information content (AvgIpc) is 2.62. The van der Waals surface area contributed by atoms with Crippen molar-refractivity contribution >= 4 is 0 Å². The summed E-state index contributed by atoms with van der Waals surface area (Å²) < 4.78 is 5.44. The molecule has 0 radical (unpaired) electrons. The molecule has 2 unspecified atom stereocenters. The van der Waals surface area contributed by atoms with Gasteiger partial charge in [-0.2, -0.15) is 0 Å². The first-order valence-electron chi connectivity index (χ1n) is 6.42. The molecule has 2 rings (SSSR count). The molecule has 92 valence electrons. The summed E-state index contributed by atoms with van der Waals surface area (Å²) in [4.78, 5) is 0. The van der Waals surface area contributed by atoms with Gasteiger partial charge in [0.15, 0.2) is 0 Å². The summed E-state index contributed by atoms with van der Waals surface area (Å²) in [6, 6.07) is 0.304. The molecule has 3 nitrogen and oxygen atoms in total. The number of nitrogens with two attached hydrogens (primary N) is 1. The maximum absolute atomic E-state index is 5.76. The van der Waals surface area contributed by atoms with E-state index in [1.807, 2.05) is 6.26 Å². The molecule has 0 aromatic carbocycles. The average molecular weight is 224 g/mol. The Labute approximate surface area is 98.4 Å². The van der Waals surface area contributed by atoms with Gasteiger partial charge in [0.25, 0.3) is 0 Å². The van der Waals surface area contributed by atoms with Crippen molar-refractivity contribution in [2.45, 2.75) is 52.0 Å². The molecule has 0 bridgehead atoms. The minimum Gasteiger partial charge on any atom is -0.501 e. The Morgan fingerprint density at radius 1 is 1.50 bits per heavy atom. The fraction of sp³-hybridized carbons (Fsp3) is 0.846. The zero-order chi connectivity index (χ0) is 11.6. The Morgan fingerprint density at radius 3 is 2.81 bits per heavy atom. The first kappa shape index (κ1) is 11.9. The SMILES string of the molecule is CC1(C)CCCC1C(NN)C1=COCCC1. The summed E-state index contributed by atoms with van der Waals surface area (Å²) in [5.74, 6) is 6.40. The van der Waals surface area contributed by atoms with Crippen molar-refractivity contribution in [3.8, 4) is 0 Å². The topological polar surface area (TPSA) is 47.3 Å². The molecule has 0 amide bonds. The normalized spacial score (nSPS) is 30.7. The van der Waals surface area contributed by atoms with Crippen molar-refractivity contribution in [3.63, 3.8) is 0 Å². The third-order valence-electron chi connectivity index (χ3n) is 4.28. The molecule has 0 aromatic heterocycles. The Balaban J connectivity index is 2.12. The predicted octanol–water partition coefficient (Wildman–Crippen LogP) is 2.34. The molecule has 0 spiro atoms. The van der Waals surface area contributed by atoms with E-state index >= 15 is 0 Å². The first-order chi connectivity index (χ1) is 7.65. The van der Waals surface area contributed by atoms with Crippen LogP contribution in [0.1, 0.15) is 46.0 Å². The number of hydrazine groups is 1. The lowest BCUT2D eigenvalue weighted by Crippen LogP contribution is -2.46. The van der Waals surface area contributed by atoms with Crippen LogP contribution in [0.5, 0.6) is 0 Å². The van der Waals surface area contributed by atoms with E-state index in [0.717, 1.165) is 19.4 Å². The van der Waals surface area contributed by atoms with E-state index in [1.54, 1.807) is 0 Å². The van der Waals surface area contributed by atoms with Gasteiger partial charge in [-0.25, -0.2) is 0 Å². The van der Waals surface area contributed by atoms with Crippen LogP contribution in [-0.4, -0.2) is 12.6 Å². The second-order valence-corrected chi connectivity index (χ2v) is 5.80. The van der Waals surface area contributed by atoms with E-state index in [1.165, 1.54) is 24.8 Å². The molecule has 1 fully saturated rings. The van der Waals surface area contributed by atoms with Gasteiger partial charge < -0.3 is 4.74 Å². The van der Waals surface area contributed by atoms with Crippen molar-refractivity contribution in [2.75, 3.05) is 6.61 Å². The number of hydrogen-bond acceptors (Lipinski definition) is 3. The van der Waals surface area contributed by atoms with Crippen LogP contribution in [0.3, 0.4) is 0 Å². The zero-order valence-electron chi connectivity index (χ0n) is 10.5. The van der Waals surface area contributed by atoms with Gasteiger partial charge >= 0.3 is 0 Å². The lowest BCUT2D eigenvalue weighted by atomic mass is 9.75. The quantitative estimate of drug-likeness (QED) is 0.571. The van der Waals surface area contributed by atoms with E-state index in [0.29, 0.717) is 17.4 Å². The molecule has 1 aliphatic heterocycles. The lowest BCUT2D eigenvalue weighted by Gasteiger charge is -2.35. The Bertz CT molecular complexity index is 273. The second kappa shape index (κ2) is 4.76. The molecule has 1 heterocycles. The molecular formula is C13H24N2O. The maximum Gasteiger partial charge on any atom is 0.0876 e. The van der Waals surface area contributed by atoms with Gasteiger partial charge in [0.2, 0.25) is 0 Å². The van der Waals surface area contributed by atoms with E-state index in [-0.39, 0.29) is 0 Å². The first-order valence-corrected chi connectivity index (χ1v) is 6.42. The van der Waals surface area contributed by atoms with Crippen molar-refractivity contribution in [3.05, 3.63) is 11.8 Å². The smallest absolute Gasteiger partial charge is 0.0876 e. The van der Waals surface area contributed by atoms with Crippen LogP contribution in [0.15, 0.2) is 11.8 Å². The van der Waals surface area contributed by atoms with E-state index in [9.17, 15) is 0 Å². The highest BCUT2D eigenvalue weighted by atomic mass is 16.5. The minimum absolute atomic E-state index is 0.304. The second-order valence-electron chi connectivity index (χ2n) is 5.80. The van der Waals surface area contributed by atoms with Gasteiger partial charge in [0.1, 0.15) is 0 Å². The third-order valence-corrected chi connectivity index (χ3v) is 4.28. The summed E-state index contributed by atoms with van der Waals surface area (Å²) in [5, 5.41) is 0. The highest BCUT2D eigenvalue weighted by Crippen LogP contribution is 2.46. The molecule has 3 N–H and O–H groups in total. The third kappa shape index (κ3) is 2.25. The van der Waals surface area contributed by atoms with Gasteiger partial charge in [-0.1, -0.05) is 20.3 Å². The fourth-order valence-corrected chi connectivity index (χ4v) is 3.27. The number of ether oxygens (including phenoxy) is 1. The van der Waals surface area contributed by atoms with Crippen molar-refractivity contribution < 1.29 is 4.74 Å². The summed E-state index contributed by atoms with van der Waals surface area (Å²) >= 11 is 0. The number of nitrogens with one attached hydrogen (secondary N) is 1. The van der Waals surface area contributed by atoms with Gasteiger partial charge in [-0.05, 0) is 42.6 Å². The summed E-state index contributed by atoms with van der Waals surface area (Å²) in [6.07, 6.45) is 8.09. The van der Waals surface area contributed by atoms with Gasteiger partial charge in [0.05, 0.1) is 12.9 Å². The molecule has 3 heteroatoms. The van der Waals surface area contributed by atoms with Crippen LogP contribution < -0.4 is 11.3 Å². The van der Waals surface area contributed by atoms with Crippen molar-refractivity contribution in [1.29, 1.82) is 0 Å². The molecule has 2 aliphatic rings.